The van der Waals surface area contributed by atoms with Crippen LogP contribution in [0.25, 0.3) is 76.9 Å². The molecular weight excluding hydrogens is 528 g/mol. The van der Waals surface area contributed by atoms with Crippen molar-refractivity contribution in [3.63, 3.8) is 0 Å². The third-order valence-corrected chi connectivity index (χ3v) is 8.59. The molecule has 0 N–H and O–H groups in total. The van der Waals surface area contributed by atoms with Crippen LogP contribution in [0.2, 0.25) is 0 Å². The van der Waals surface area contributed by atoms with Crippen LogP contribution in [-0.4, -0.2) is 9.13 Å². The summed E-state index contributed by atoms with van der Waals surface area (Å²) >= 11 is 0. The molecule has 9 rings (SSSR count). The minimum absolute atomic E-state index is 0.355. The predicted molar refractivity (Wildman–Crippen MR) is 172 cm³/mol. The normalized spacial score (nSPS) is 11.7. The Morgan fingerprint density at radius 1 is 0.442 bits per heavy atom. The van der Waals surface area contributed by atoms with Gasteiger partial charge in [-0.05, 0) is 66.7 Å². The lowest BCUT2D eigenvalue weighted by Crippen LogP contribution is -1.96. The fourth-order valence-corrected chi connectivity index (χ4v) is 6.79. The lowest BCUT2D eigenvalue weighted by molar-refractivity contribution is 0.677. The van der Waals surface area contributed by atoms with Crippen LogP contribution in [0.5, 0.6) is 0 Å². The van der Waals surface area contributed by atoms with Gasteiger partial charge in [-0.1, -0.05) is 54.6 Å². The first kappa shape index (κ1) is 23.4. The predicted octanol–water partition coefficient (Wildman–Crippen LogP) is 9.52. The van der Waals surface area contributed by atoms with Crippen molar-refractivity contribution in [3.8, 4) is 23.5 Å². The molecular formula is C38H20N4O. The fourth-order valence-electron chi connectivity index (χ4n) is 6.79. The summed E-state index contributed by atoms with van der Waals surface area (Å²) in [6.07, 6.45) is 0. The van der Waals surface area contributed by atoms with E-state index in [4.69, 9.17) is 4.42 Å². The van der Waals surface area contributed by atoms with Gasteiger partial charge < -0.3 is 13.6 Å². The molecule has 0 aliphatic carbocycles. The molecule has 0 aliphatic heterocycles. The van der Waals surface area contributed by atoms with Crippen LogP contribution >= 0.6 is 0 Å². The first-order chi connectivity index (χ1) is 21.3. The maximum atomic E-state index is 9.73. The van der Waals surface area contributed by atoms with Crippen molar-refractivity contribution in [1.29, 1.82) is 10.5 Å². The van der Waals surface area contributed by atoms with Crippen LogP contribution in [-0.2, 0) is 0 Å². The zero-order chi connectivity index (χ0) is 28.7. The molecule has 0 saturated carbocycles. The van der Waals surface area contributed by atoms with Crippen molar-refractivity contribution in [2.75, 3.05) is 0 Å². The van der Waals surface area contributed by atoms with E-state index >= 15 is 0 Å². The van der Waals surface area contributed by atoms with E-state index in [2.05, 4.69) is 106 Å². The number of nitriles is 2. The molecule has 0 saturated heterocycles. The van der Waals surface area contributed by atoms with Gasteiger partial charge in [0.2, 0.25) is 0 Å². The Morgan fingerprint density at radius 3 is 1.56 bits per heavy atom. The van der Waals surface area contributed by atoms with Crippen molar-refractivity contribution in [2.45, 2.75) is 0 Å². The second-order valence-electron chi connectivity index (χ2n) is 10.8. The standard InChI is InChI=1S/C38H20N4O/c39-21-23-14-15-26(20-24(23)22-40)42-32-13-7-5-11-30(32)36-34(42)19-17-28-27-16-18-33-35(37(27)43-38(28)36)29-10-4-6-12-31(29)41(33)25-8-2-1-3-9-25/h1-20H. The van der Waals surface area contributed by atoms with E-state index in [-0.39, 0.29) is 0 Å². The Bertz CT molecular complexity index is 2690. The van der Waals surface area contributed by atoms with Crippen LogP contribution in [0, 0.1) is 22.7 Å². The van der Waals surface area contributed by atoms with E-state index in [0.29, 0.717) is 11.1 Å². The van der Waals surface area contributed by atoms with Crippen LogP contribution in [0.15, 0.2) is 126 Å². The summed E-state index contributed by atoms with van der Waals surface area (Å²) in [5.41, 5.74) is 8.56. The molecule has 0 bridgehead atoms. The number of benzene rings is 6. The number of hydrogen-bond acceptors (Lipinski definition) is 3. The smallest absolute Gasteiger partial charge is 0.145 e. The lowest BCUT2D eigenvalue weighted by atomic mass is 10.1. The zero-order valence-electron chi connectivity index (χ0n) is 22.7. The highest BCUT2D eigenvalue weighted by Gasteiger charge is 2.22. The van der Waals surface area contributed by atoms with E-state index in [0.717, 1.165) is 76.9 Å². The van der Waals surface area contributed by atoms with Crippen LogP contribution in [0.4, 0.5) is 0 Å². The van der Waals surface area contributed by atoms with Crippen LogP contribution in [0.3, 0.4) is 0 Å². The lowest BCUT2D eigenvalue weighted by Gasteiger charge is -2.08. The molecule has 0 amide bonds. The number of aromatic nitrogens is 2. The molecule has 0 unspecified atom stereocenters. The number of fused-ring (bicyclic) bond motifs is 11. The van der Waals surface area contributed by atoms with Crippen molar-refractivity contribution >= 4 is 65.6 Å². The maximum Gasteiger partial charge on any atom is 0.145 e. The van der Waals surface area contributed by atoms with Gasteiger partial charge in [0, 0.05) is 32.9 Å². The minimum atomic E-state index is 0.355. The van der Waals surface area contributed by atoms with Gasteiger partial charge in [-0.2, -0.15) is 10.5 Å². The summed E-state index contributed by atoms with van der Waals surface area (Å²) < 4.78 is 11.4. The molecule has 6 aromatic carbocycles. The molecule has 0 radical (unpaired) electrons. The van der Waals surface area contributed by atoms with Crippen molar-refractivity contribution in [1.82, 2.24) is 9.13 Å². The van der Waals surface area contributed by atoms with E-state index in [1.807, 2.05) is 24.3 Å². The summed E-state index contributed by atoms with van der Waals surface area (Å²) in [5, 5.41) is 25.7. The molecule has 0 spiro atoms. The molecule has 0 fully saturated rings. The quantitative estimate of drug-likeness (QED) is 0.216. The summed E-state index contributed by atoms with van der Waals surface area (Å²) in [4.78, 5) is 0. The van der Waals surface area contributed by atoms with Gasteiger partial charge >= 0.3 is 0 Å². The third-order valence-electron chi connectivity index (χ3n) is 8.59. The Hall–Kier alpha value is -6.30. The second kappa shape index (κ2) is 8.60. The largest absolute Gasteiger partial charge is 0.455 e. The molecule has 5 heteroatoms. The Morgan fingerprint density at radius 2 is 0.977 bits per heavy atom. The summed E-state index contributed by atoms with van der Waals surface area (Å²) in [5.74, 6) is 0. The molecule has 3 aromatic heterocycles. The number of rotatable bonds is 2. The van der Waals surface area contributed by atoms with Crippen molar-refractivity contribution in [2.24, 2.45) is 0 Å². The van der Waals surface area contributed by atoms with E-state index in [9.17, 15) is 10.5 Å². The van der Waals surface area contributed by atoms with E-state index < -0.39 is 0 Å². The molecule has 9 aromatic rings. The third kappa shape index (κ3) is 3.08. The number of hydrogen-bond donors (Lipinski definition) is 0. The number of furan rings is 1. The van der Waals surface area contributed by atoms with Crippen LogP contribution in [0.1, 0.15) is 11.1 Å². The van der Waals surface area contributed by atoms with Crippen LogP contribution < -0.4 is 0 Å². The van der Waals surface area contributed by atoms with Gasteiger partial charge in [-0.25, -0.2) is 0 Å². The number of para-hydroxylation sites is 3. The summed E-state index contributed by atoms with van der Waals surface area (Å²) in [6, 6.07) is 45.5. The highest BCUT2D eigenvalue weighted by atomic mass is 16.3. The first-order valence-electron chi connectivity index (χ1n) is 14.1. The van der Waals surface area contributed by atoms with Gasteiger partial charge in [0.05, 0.1) is 44.0 Å². The first-order valence-corrected chi connectivity index (χ1v) is 14.1. The van der Waals surface area contributed by atoms with Gasteiger partial charge in [-0.3, -0.25) is 0 Å². The Balaban J connectivity index is 1.42. The van der Waals surface area contributed by atoms with Gasteiger partial charge in [-0.15, -0.1) is 0 Å². The topological polar surface area (TPSA) is 70.6 Å². The minimum Gasteiger partial charge on any atom is -0.455 e. The van der Waals surface area contributed by atoms with Crippen molar-refractivity contribution < 1.29 is 4.42 Å². The molecule has 198 valence electrons. The zero-order valence-corrected chi connectivity index (χ0v) is 22.7. The van der Waals surface area contributed by atoms with Crippen molar-refractivity contribution in [3.05, 3.63) is 132 Å². The average Bonchev–Trinajstić information content (AvgIpc) is 3.72. The highest BCUT2D eigenvalue weighted by molar-refractivity contribution is 6.28. The maximum absolute atomic E-state index is 9.73. The Labute approximate surface area is 245 Å². The van der Waals surface area contributed by atoms with E-state index in [1.54, 1.807) is 12.1 Å². The molecule has 3 heterocycles. The van der Waals surface area contributed by atoms with Gasteiger partial charge in [0.1, 0.15) is 23.3 Å². The SMILES string of the molecule is N#Cc1ccc(-n2c3ccccc3c3c4oc5c(ccc6c5c5ccccc5n6-c5ccccc5)c4ccc32)cc1C#N. The molecule has 0 aliphatic rings. The average molecular weight is 549 g/mol. The number of nitrogens with zero attached hydrogens (tertiary/aromatic N) is 4. The Kier molecular flexibility index (Phi) is 4.68. The molecule has 5 nitrogen and oxygen atoms in total. The monoisotopic (exact) mass is 548 g/mol. The summed E-state index contributed by atoms with van der Waals surface area (Å²) in [7, 11) is 0. The van der Waals surface area contributed by atoms with Gasteiger partial charge in [0.15, 0.2) is 0 Å². The second-order valence-corrected chi connectivity index (χ2v) is 10.8. The molecule has 43 heavy (non-hydrogen) atoms. The van der Waals surface area contributed by atoms with Gasteiger partial charge in [0.25, 0.3) is 0 Å². The summed E-state index contributed by atoms with van der Waals surface area (Å²) in [6.45, 7) is 0. The fraction of sp³-hybridized carbons (Fsp3) is 0. The molecule has 0 atom stereocenters. The highest BCUT2D eigenvalue weighted by Crippen LogP contribution is 2.44. The van der Waals surface area contributed by atoms with E-state index in [1.165, 1.54) is 0 Å².